The molecular formula is C12H17N3. The van der Waals surface area contributed by atoms with Crippen molar-refractivity contribution in [2.75, 3.05) is 6.54 Å². The van der Waals surface area contributed by atoms with Gasteiger partial charge in [-0.3, -0.25) is 4.99 Å². The summed E-state index contributed by atoms with van der Waals surface area (Å²) in [6.45, 7) is 2.95. The number of nitrogens with two attached hydrogens (primary N) is 1. The minimum Gasteiger partial charge on any atom is -0.370 e. The number of nitrogens with one attached hydrogen (secondary N) is 1. The molecule has 2 rings (SSSR count). The van der Waals surface area contributed by atoms with Gasteiger partial charge in [0.25, 0.3) is 0 Å². The Kier molecular flexibility index (Phi) is 2.62. The first-order chi connectivity index (χ1) is 7.18. The van der Waals surface area contributed by atoms with Crippen LogP contribution in [-0.2, 0) is 6.42 Å². The van der Waals surface area contributed by atoms with Gasteiger partial charge in [-0.1, -0.05) is 30.3 Å². The van der Waals surface area contributed by atoms with Crippen molar-refractivity contribution in [2.45, 2.75) is 25.3 Å². The summed E-state index contributed by atoms with van der Waals surface area (Å²) < 4.78 is 0. The predicted octanol–water partition coefficient (Wildman–Crippen LogP) is 1.30. The maximum absolute atomic E-state index is 5.62. The van der Waals surface area contributed by atoms with Gasteiger partial charge in [-0.2, -0.15) is 0 Å². The Balaban J connectivity index is 1.89. The highest BCUT2D eigenvalue weighted by Crippen LogP contribution is 2.17. The number of guanidine groups is 1. The van der Waals surface area contributed by atoms with E-state index in [1.807, 2.05) is 6.07 Å². The molecule has 1 aliphatic rings. The Labute approximate surface area is 90.4 Å². The lowest BCUT2D eigenvalue weighted by Gasteiger charge is -2.23. The summed E-state index contributed by atoms with van der Waals surface area (Å²) in [5.41, 5.74) is 7.03. The lowest BCUT2D eigenvalue weighted by molar-refractivity contribution is 0.421. The molecule has 1 heterocycles. The molecule has 3 heteroatoms. The average Bonchev–Trinajstić information content (AvgIpc) is 2.58. The fourth-order valence-electron chi connectivity index (χ4n) is 1.85. The van der Waals surface area contributed by atoms with E-state index < -0.39 is 0 Å². The van der Waals surface area contributed by atoms with Crippen LogP contribution in [0.5, 0.6) is 0 Å². The fraction of sp³-hybridized carbons (Fsp3) is 0.417. The third-order valence-corrected chi connectivity index (χ3v) is 2.84. The number of aryl methyl sites for hydroxylation is 1. The summed E-state index contributed by atoms with van der Waals surface area (Å²) in [5.74, 6) is 0.575. The van der Waals surface area contributed by atoms with E-state index in [4.69, 9.17) is 5.73 Å². The Morgan fingerprint density at radius 3 is 2.73 bits per heavy atom. The molecule has 0 radical (unpaired) electrons. The van der Waals surface area contributed by atoms with Gasteiger partial charge in [-0.05, 0) is 25.3 Å². The van der Waals surface area contributed by atoms with Crippen LogP contribution in [0.4, 0.5) is 0 Å². The van der Waals surface area contributed by atoms with Crippen LogP contribution in [0, 0.1) is 0 Å². The predicted molar refractivity (Wildman–Crippen MR) is 62.8 cm³/mol. The summed E-state index contributed by atoms with van der Waals surface area (Å²) in [5, 5.41) is 3.23. The van der Waals surface area contributed by atoms with Gasteiger partial charge >= 0.3 is 0 Å². The van der Waals surface area contributed by atoms with E-state index >= 15 is 0 Å². The summed E-state index contributed by atoms with van der Waals surface area (Å²) >= 11 is 0. The highest BCUT2D eigenvalue weighted by atomic mass is 15.2. The van der Waals surface area contributed by atoms with E-state index in [-0.39, 0.29) is 5.54 Å². The molecule has 1 atom stereocenters. The summed E-state index contributed by atoms with van der Waals surface area (Å²) in [6, 6.07) is 10.5. The van der Waals surface area contributed by atoms with E-state index in [0.29, 0.717) is 5.96 Å². The molecule has 1 aromatic carbocycles. The van der Waals surface area contributed by atoms with Gasteiger partial charge in [0.15, 0.2) is 5.96 Å². The second-order valence-electron chi connectivity index (χ2n) is 4.37. The second kappa shape index (κ2) is 3.93. The Morgan fingerprint density at radius 1 is 1.40 bits per heavy atom. The zero-order valence-electron chi connectivity index (χ0n) is 9.03. The van der Waals surface area contributed by atoms with Crippen molar-refractivity contribution in [2.24, 2.45) is 10.7 Å². The third kappa shape index (κ3) is 2.49. The normalized spacial score (nSPS) is 24.7. The molecule has 80 valence electrons. The van der Waals surface area contributed by atoms with E-state index in [9.17, 15) is 0 Å². The molecule has 1 aliphatic heterocycles. The number of hydrogen-bond donors (Lipinski definition) is 2. The van der Waals surface area contributed by atoms with Crippen LogP contribution in [0.2, 0.25) is 0 Å². The van der Waals surface area contributed by atoms with E-state index in [0.717, 1.165) is 19.4 Å². The first-order valence-corrected chi connectivity index (χ1v) is 5.30. The summed E-state index contributed by atoms with van der Waals surface area (Å²) in [7, 11) is 0. The first-order valence-electron chi connectivity index (χ1n) is 5.30. The van der Waals surface area contributed by atoms with Crippen LogP contribution in [0.15, 0.2) is 35.3 Å². The molecule has 15 heavy (non-hydrogen) atoms. The average molecular weight is 203 g/mol. The van der Waals surface area contributed by atoms with Crippen LogP contribution in [-0.4, -0.2) is 18.0 Å². The number of hydrogen-bond acceptors (Lipinski definition) is 3. The standard InChI is InChI=1S/C12H17N3/c1-12(9-14-11(13)15-12)8-7-10-5-3-2-4-6-10/h2-6H,7-9H2,1H3,(H3,13,14,15). The summed E-state index contributed by atoms with van der Waals surface area (Å²) in [6.07, 6.45) is 2.12. The van der Waals surface area contributed by atoms with Crippen LogP contribution in [0.3, 0.4) is 0 Å². The highest BCUT2D eigenvalue weighted by Gasteiger charge is 2.28. The van der Waals surface area contributed by atoms with Crippen LogP contribution in [0.25, 0.3) is 0 Å². The minimum atomic E-state index is 0.0416. The van der Waals surface area contributed by atoms with Crippen LogP contribution >= 0.6 is 0 Å². The second-order valence-corrected chi connectivity index (χ2v) is 4.37. The molecule has 0 saturated heterocycles. The van der Waals surface area contributed by atoms with Gasteiger partial charge in [-0.25, -0.2) is 0 Å². The van der Waals surface area contributed by atoms with Crippen LogP contribution in [0.1, 0.15) is 18.9 Å². The smallest absolute Gasteiger partial charge is 0.189 e. The van der Waals surface area contributed by atoms with Gasteiger partial charge in [0, 0.05) is 0 Å². The van der Waals surface area contributed by atoms with Gasteiger partial charge in [0.2, 0.25) is 0 Å². The molecule has 0 spiro atoms. The molecule has 0 fully saturated rings. The molecule has 0 saturated carbocycles. The van der Waals surface area contributed by atoms with Crippen molar-refractivity contribution in [3.8, 4) is 0 Å². The molecule has 0 bridgehead atoms. The minimum absolute atomic E-state index is 0.0416. The van der Waals surface area contributed by atoms with E-state index in [2.05, 4.69) is 41.5 Å². The molecule has 1 aromatic rings. The van der Waals surface area contributed by atoms with Crippen molar-refractivity contribution >= 4 is 5.96 Å². The van der Waals surface area contributed by atoms with Crippen molar-refractivity contribution < 1.29 is 0 Å². The Morgan fingerprint density at radius 2 is 2.13 bits per heavy atom. The molecule has 0 aromatic heterocycles. The Bertz CT molecular complexity index is 358. The van der Waals surface area contributed by atoms with E-state index in [1.54, 1.807) is 0 Å². The van der Waals surface area contributed by atoms with Crippen molar-refractivity contribution in [3.63, 3.8) is 0 Å². The molecular weight excluding hydrogens is 186 g/mol. The molecule has 0 amide bonds. The molecule has 3 N–H and O–H groups in total. The fourth-order valence-corrected chi connectivity index (χ4v) is 1.85. The van der Waals surface area contributed by atoms with Crippen molar-refractivity contribution in [3.05, 3.63) is 35.9 Å². The Hall–Kier alpha value is -1.51. The lowest BCUT2D eigenvalue weighted by atomic mass is 9.94. The maximum atomic E-state index is 5.62. The van der Waals surface area contributed by atoms with Gasteiger partial charge < -0.3 is 11.1 Å². The van der Waals surface area contributed by atoms with E-state index in [1.165, 1.54) is 5.56 Å². The van der Waals surface area contributed by atoms with Crippen molar-refractivity contribution in [1.82, 2.24) is 5.32 Å². The number of rotatable bonds is 3. The highest BCUT2D eigenvalue weighted by molar-refractivity contribution is 5.80. The third-order valence-electron chi connectivity index (χ3n) is 2.84. The SMILES string of the molecule is CC1(CCc2ccccc2)CN=C(N)N1. The number of benzene rings is 1. The van der Waals surface area contributed by atoms with Gasteiger partial charge in [-0.15, -0.1) is 0 Å². The molecule has 1 unspecified atom stereocenters. The topological polar surface area (TPSA) is 50.4 Å². The van der Waals surface area contributed by atoms with Crippen molar-refractivity contribution in [1.29, 1.82) is 0 Å². The first kappa shape index (κ1) is 10.0. The van der Waals surface area contributed by atoms with Gasteiger partial charge in [0.05, 0.1) is 12.1 Å². The zero-order valence-corrected chi connectivity index (χ0v) is 9.03. The quantitative estimate of drug-likeness (QED) is 0.778. The lowest BCUT2D eigenvalue weighted by Crippen LogP contribution is -2.45. The molecule has 0 aliphatic carbocycles. The maximum Gasteiger partial charge on any atom is 0.189 e. The zero-order chi connectivity index (χ0) is 10.7. The van der Waals surface area contributed by atoms with Gasteiger partial charge in [0.1, 0.15) is 0 Å². The largest absolute Gasteiger partial charge is 0.370 e. The van der Waals surface area contributed by atoms with Crippen LogP contribution < -0.4 is 11.1 Å². The number of nitrogens with zero attached hydrogens (tertiary/aromatic N) is 1. The monoisotopic (exact) mass is 203 g/mol. The number of aliphatic imine (C=N–C) groups is 1. The molecule has 3 nitrogen and oxygen atoms in total. The summed E-state index contributed by atoms with van der Waals surface area (Å²) in [4.78, 5) is 4.18.